The molecule has 26 heavy (non-hydrogen) atoms. The second-order valence-corrected chi connectivity index (χ2v) is 5.70. The highest BCUT2D eigenvalue weighted by Crippen LogP contribution is 2.25. The summed E-state index contributed by atoms with van der Waals surface area (Å²) >= 11 is 0. The lowest BCUT2D eigenvalue weighted by Crippen LogP contribution is -2.15. The molecule has 1 aromatic heterocycles. The zero-order chi connectivity index (χ0) is 18.5. The molecule has 0 aliphatic rings. The van der Waals surface area contributed by atoms with Gasteiger partial charge in [-0.3, -0.25) is 4.79 Å². The normalized spacial score (nSPS) is 10.3. The van der Waals surface area contributed by atoms with Crippen LogP contribution in [0.4, 0.5) is 21.6 Å². The zero-order valence-electron chi connectivity index (χ0n) is 14.4. The van der Waals surface area contributed by atoms with Crippen LogP contribution < -0.4 is 15.4 Å². The minimum absolute atomic E-state index is 0.148. The molecule has 3 aromatic rings. The number of halogens is 1. The number of aromatic nitrogens is 1. The molecule has 6 heteroatoms. The van der Waals surface area contributed by atoms with Crippen molar-refractivity contribution in [1.82, 2.24) is 4.98 Å². The lowest BCUT2D eigenvalue weighted by Gasteiger charge is -2.13. The van der Waals surface area contributed by atoms with Crippen LogP contribution in [0, 0.1) is 12.7 Å². The fourth-order valence-corrected chi connectivity index (χ4v) is 2.44. The molecule has 0 radical (unpaired) electrons. The van der Waals surface area contributed by atoms with Crippen molar-refractivity contribution in [2.75, 3.05) is 17.7 Å². The Morgan fingerprint density at radius 1 is 1.08 bits per heavy atom. The van der Waals surface area contributed by atoms with Crippen LogP contribution in [0.1, 0.15) is 15.9 Å². The fraction of sp³-hybridized carbons (Fsp3) is 0.100. The predicted octanol–water partition coefficient (Wildman–Crippen LogP) is 4.53. The third-order valence-corrected chi connectivity index (χ3v) is 3.72. The van der Waals surface area contributed by atoms with E-state index in [0.717, 1.165) is 5.56 Å². The highest BCUT2D eigenvalue weighted by molar-refractivity contribution is 6.07. The number of rotatable bonds is 5. The van der Waals surface area contributed by atoms with Crippen molar-refractivity contribution in [2.24, 2.45) is 0 Å². The third kappa shape index (κ3) is 3.97. The second-order valence-electron chi connectivity index (χ2n) is 5.70. The van der Waals surface area contributed by atoms with Gasteiger partial charge in [0.05, 0.1) is 12.7 Å². The summed E-state index contributed by atoms with van der Waals surface area (Å²) in [6.45, 7) is 1.85. The Morgan fingerprint density at radius 3 is 2.54 bits per heavy atom. The monoisotopic (exact) mass is 351 g/mol. The van der Waals surface area contributed by atoms with Crippen LogP contribution in [-0.2, 0) is 0 Å². The maximum atomic E-state index is 13.9. The van der Waals surface area contributed by atoms with E-state index in [1.165, 1.54) is 19.2 Å². The number of amides is 1. The lowest BCUT2D eigenvalue weighted by molar-refractivity contribution is 0.102. The Kier molecular flexibility index (Phi) is 5.12. The number of benzene rings is 2. The average Bonchev–Trinajstić information content (AvgIpc) is 2.64. The third-order valence-electron chi connectivity index (χ3n) is 3.72. The summed E-state index contributed by atoms with van der Waals surface area (Å²) in [6.07, 6.45) is 1.64. The van der Waals surface area contributed by atoms with Gasteiger partial charge >= 0.3 is 0 Å². The van der Waals surface area contributed by atoms with E-state index < -0.39 is 5.82 Å². The number of hydrogen-bond acceptors (Lipinski definition) is 4. The molecule has 0 saturated heterocycles. The Balaban J connectivity index is 1.88. The van der Waals surface area contributed by atoms with Gasteiger partial charge in [0.1, 0.15) is 5.82 Å². The minimum Gasteiger partial charge on any atom is -0.494 e. The zero-order valence-corrected chi connectivity index (χ0v) is 14.4. The van der Waals surface area contributed by atoms with E-state index >= 15 is 0 Å². The molecular formula is C20H18FN3O2. The molecule has 0 aliphatic carbocycles. The summed E-state index contributed by atoms with van der Waals surface area (Å²) in [5.41, 5.74) is 2.36. The van der Waals surface area contributed by atoms with Gasteiger partial charge in [-0.1, -0.05) is 18.2 Å². The van der Waals surface area contributed by atoms with E-state index in [-0.39, 0.29) is 11.7 Å². The Bertz CT molecular complexity index is 930. The maximum absolute atomic E-state index is 13.9. The van der Waals surface area contributed by atoms with Gasteiger partial charge in [0.25, 0.3) is 5.91 Å². The maximum Gasteiger partial charge on any atom is 0.259 e. The average molecular weight is 351 g/mol. The molecule has 0 unspecified atom stereocenters. The van der Waals surface area contributed by atoms with E-state index in [4.69, 9.17) is 4.74 Å². The lowest BCUT2D eigenvalue weighted by atomic mass is 10.1. The number of carbonyl (C=O) groups is 1. The fourth-order valence-electron chi connectivity index (χ4n) is 2.44. The van der Waals surface area contributed by atoms with Crippen molar-refractivity contribution >= 4 is 23.1 Å². The van der Waals surface area contributed by atoms with Gasteiger partial charge in [0, 0.05) is 23.6 Å². The molecule has 0 saturated carbocycles. The van der Waals surface area contributed by atoms with E-state index in [9.17, 15) is 9.18 Å². The van der Waals surface area contributed by atoms with E-state index in [2.05, 4.69) is 15.6 Å². The summed E-state index contributed by atoms with van der Waals surface area (Å²) in [5.74, 6) is -0.313. The summed E-state index contributed by atoms with van der Waals surface area (Å²) in [7, 11) is 1.40. The highest BCUT2D eigenvalue weighted by atomic mass is 19.1. The molecular weight excluding hydrogens is 333 g/mol. The van der Waals surface area contributed by atoms with Gasteiger partial charge in [0.15, 0.2) is 11.6 Å². The van der Waals surface area contributed by atoms with Crippen molar-refractivity contribution in [1.29, 1.82) is 0 Å². The number of methoxy groups -OCH3 is 1. The Hall–Kier alpha value is -3.41. The second kappa shape index (κ2) is 7.65. The van der Waals surface area contributed by atoms with Gasteiger partial charge in [-0.05, 0) is 42.8 Å². The van der Waals surface area contributed by atoms with E-state index in [1.807, 2.05) is 25.1 Å². The molecule has 0 fully saturated rings. The first-order chi connectivity index (χ1) is 12.6. The topological polar surface area (TPSA) is 63.2 Å². The number of nitrogens with zero attached hydrogens (tertiary/aromatic N) is 1. The van der Waals surface area contributed by atoms with Crippen LogP contribution in [-0.4, -0.2) is 18.0 Å². The number of ether oxygens (including phenoxy) is 1. The molecule has 1 amide bonds. The van der Waals surface area contributed by atoms with E-state index in [0.29, 0.717) is 22.8 Å². The molecule has 5 nitrogen and oxygen atoms in total. The van der Waals surface area contributed by atoms with Gasteiger partial charge in [-0.15, -0.1) is 0 Å². The largest absolute Gasteiger partial charge is 0.494 e. The number of pyridine rings is 1. The van der Waals surface area contributed by atoms with Gasteiger partial charge < -0.3 is 15.4 Å². The molecule has 0 spiro atoms. The SMILES string of the molecule is COc1ccc(Nc2ncc(C)cc2C(=O)Nc2ccccc2)cc1F. The molecule has 132 valence electrons. The van der Waals surface area contributed by atoms with Crippen LogP contribution in [0.15, 0.2) is 60.8 Å². The molecule has 0 aliphatic heterocycles. The predicted molar refractivity (Wildman–Crippen MR) is 99.6 cm³/mol. The van der Waals surface area contributed by atoms with Gasteiger partial charge in [-0.25, -0.2) is 9.37 Å². The van der Waals surface area contributed by atoms with Crippen LogP contribution in [0.5, 0.6) is 5.75 Å². The minimum atomic E-state index is -0.500. The number of aryl methyl sites for hydroxylation is 1. The van der Waals surface area contributed by atoms with Crippen molar-refractivity contribution in [3.8, 4) is 5.75 Å². The first-order valence-corrected chi connectivity index (χ1v) is 8.00. The van der Waals surface area contributed by atoms with Crippen molar-refractivity contribution in [2.45, 2.75) is 6.92 Å². The summed E-state index contributed by atoms with van der Waals surface area (Å²) < 4.78 is 18.8. The Labute approximate surface area is 150 Å². The Morgan fingerprint density at radius 2 is 1.85 bits per heavy atom. The summed E-state index contributed by atoms with van der Waals surface area (Å²) in [5, 5.41) is 5.82. The van der Waals surface area contributed by atoms with Crippen LogP contribution in [0.3, 0.4) is 0 Å². The van der Waals surface area contributed by atoms with Crippen LogP contribution in [0.25, 0.3) is 0 Å². The number of anilines is 3. The number of para-hydroxylation sites is 1. The quantitative estimate of drug-likeness (QED) is 0.709. The molecule has 0 bridgehead atoms. The smallest absolute Gasteiger partial charge is 0.259 e. The first kappa shape index (κ1) is 17.4. The standard InChI is InChI=1S/C20H18FN3O2/c1-13-10-16(20(25)24-14-6-4-3-5-7-14)19(22-12-13)23-15-8-9-18(26-2)17(21)11-15/h3-12H,1-2H3,(H,22,23)(H,24,25). The van der Waals surface area contributed by atoms with Gasteiger partial charge in [-0.2, -0.15) is 0 Å². The van der Waals surface area contributed by atoms with Crippen molar-refractivity contribution in [3.63, 3.8) is 0 Å². The van der Waals surface area contributed by atoms with Gasteiger partial charge in [0.2, 0.25) is 0 Å². The summed E-state index contributed by atoms with van der Waals surface area (Å²) in [6, 6.07) is 15.3. The first-order valence-electron chi connectivity index (χ1n) is 8.00. The molecule has 0 atom stereocenters. The number of carbonyl (C=O) groups excluding carboxylic acids is 1. The highest BCUT2D eigenvalue weighted by Gasteiger charge is 2.14. The van der Waals surface area contributed by atoms with E-state index in [1.54, 1.807) is 30.5 Å². The molecule has 2 N–H and O–H groups in total. The number of hydrogen-bond donors (Lipinski definition) is 2. The molecule has 1 heterocycles. The van der Waals surface area contributed by atoms with Crippen molar-refractivity contribution < 1.29 is 13.9 Å². The van der Waals surface area contributed by atoms with Crippen LogP contribution in [0.2, 0.25) is 0 Å². The molecule has 2 aromatic carbocycles. The number of nitrogens with one attached hydrogen (secondary N) is 2. The van der Waals surface area contributed by atoms with Crippen molar-refractivity contribution in [3.05, 3.63) is 77.7 Å². The summed E-state index contributed by atoms with van der Waals surface area (Å²) in [4.78, 5) is 16.9. The van der Waals surface area contributed by atoms with Crippen LogP contribution >= 0.6 is 0 Å². The molecule has 3 rings (SSSR count).